The summed E-state index contributed by atoms with van der Waals surface area (Å²) in [5.74, 6) is 1.83. The van der Waals surface area contributed by atoms with Crippen LogP contribution in [0.15, 0.2) is 18.3 Å². The molecule has 3 nitrogen and oxygen atoms in total. The van der Waals surface area contributed by atoms with Gasteiger partial charge in [0.25, 0.3) is 0 Å². The molecule has 2 N–H and O–H groups in total. The molecule has 1 aliphatic heterocycles. The number of aryl methyl sites for hydroxylation is 1. The fourth-order valence-electron chi connectivity index (χ4n) is 2.09. The molecule has 0 atom stereocenters. The van der Waals surface area contributed by atoms with Gasteiger partial charge < -0.3 is 10.6 Å². The maximum absolute atomic E-state index is 5.68. The highest BCUT2D eigenvalue weighted by atomic mass is 15.2. The summed E-state index contributed by atoms with van der Waals surface area (Å²) in [7, 11) is 0. The molecule has 1 aliphatic rings. The standard InChI is InChI=1S/C12H19N3/c1-10-2-5-14-12(8-10)15-6-3-11(9-13)4-7-15/h2,5,8,11H,3-4,6-7,9,13H2,1H3. The highest BCUT2D eigenvalue weighted by Crippen LogP contribution is 2.21. The van der Waals surface area contributed by atoms with E-state index in [9.17, 15) is 0 Å². The van der Waals surface area contributed by atoms with Gasteiger partial charge in [-0.05, 0) is 49.9 Å². The summed E-state index contributed by atoms with van der Waals surface area (Å²) in [5.41, 5.74) is 6.96. The maximum atomic E-state index is 5.68. The van der Waals surface area contributed by atoms with Gasteiger partial charge in [0.15, 0.2) is 0 Å². The predicted octanol–water partition coefficient (Wildman–Crippen LogP) is 1.57. The van der Waals surface area contributed by atoms with Gasteiger partial charge in [-0.25, -0.2) is 4.98 Å². The Hall–Kier alpha value is -1.09. The van der Waals surface area contributed by atoms with Crippen LogP contribution in [0.1, 0.15) is 18.4 Å². The topological polar surface area (TPSA) is 42.2 Å². The molecule has 82 valence electrons. The van der Waals surface area contributed by atoms with Crippen molar-refractivity contribution in [2.24, 2.45) is 11.7 Å². The largest absolute Gasteiger partial charge is 0.357 e. The number of nitrogens with two attached hydrogens (primary N) is 1. The molecule has 1 aromatic heterocycles. The number of pyridine rings is 1. The van der Waals surface area contributed by atoms with E-state index in [1.807, 2.05) is 12.3 Å². The van der Waals surface area contributed by atoms with Crippen LogP contribution < -0.4 is 10.6 Å². The highest BCUT2D eigenvalue weighted by Gasteiger charge is 2.18. The quantitative estimate of drug-likeness (QED) is 0.796. The van der Waals surface area contributed by atoms with Gasteiger partial charge in [0.05, 0.1) is 0 Å². The van der Waals surface area contributed by atoms with Crippen molar-refractivity contribution in [3.05, 3.63) is 23.9 Å². The molecule has 1 saturated heterocycles. The summed E-state index contributed by atoms with van der Waals surface area (Å²) < 4.78 is 0. The van der Waals surface area contributed by atoms with Crippen LogP contribution in [0.4, 0.5) is 5.82 Å². The molecular formula is C12H19N3. The average Bonchev–Trinajstić information content (AvgIpc) is 2.29. The molecule has 2 heterocycles. The van der Waals surface area contributed by atoms with Gasteiger partial charge in [0.1, 0.15) is 5.82 Å². The van der Waals surface area contributed by atoms with Gasteiger partial charge in [-0.3, -0.25) is 0 Å². The number of hydrogen-bond donors (Lipinski definition) is 1. The van der Waals surface area contributed by atoms with Gasteiger partial charge in [-0.2, -0.15) is 0 Å². The lowest BCUT2D eigenvalue weighted by Gasteiger charge is -2.32. The van der Waals surface area contributed by atoms with Crippen LogP contribution in [0.2, 0.25) is 0 Å². The molecule has 0 aliphatic carbocycles. The van der Waals surface area contributed by atoms with Crippen molar-refractivity contribution < 1.29 is 0 Å². The van der Waals surface area contributed by atoms with Crippen LogP contribution in [0, 0.1) is 12.8 Å². The van der Waals surface area contributed by atoms with Crippen LogP contribution in [0.5, 0.6) is 0 Å². The molecule has 0 saturated carbocycles. The Balaban J connectivity index is 2.01. The van der Waals surface area contributed by atoms with Gasteiger partial charge in [-0.15, -0.1) is 0 Å². The summed E-state index contributed by atoms with van der Waals surface area (Å²) >= 11 is 0. The first-order chi connectivity index (χ1) is 7.29. The fraction of sp³-hybridized carbons (Fsp3) is 0.583. The van der Waals surface area contributed by atoms with Crippen LogP contribution in [0.25, 0.3) is 0 Å². The van der Waals surface area contributed by atoms with Crippen molar-refractivity contribution in [1.82, 2.24) is 4.98 Å². The van der Waals surface area contributed by atoms with Crippen molar-refractivity contribution >= 4 is 5.82 Å². The first-order valence-electron chi connectivity index (χ1n) is 5.67. The molecule has 0 spiro atoms. The van der Waals surface area contributed by atoms with Gasteiger partial charge >= 0.3 is 0 Å². The van der Waals surface area contributed by atoms with Gasteiger partial charge in [0, 0.05) is 19.3 Å². The van der Waals surface area contributed by atoms with Crippen molar-refractivity contribution in [3.63, 3.8) is 0 Å². The molecule has 0 bridgehead atoms. The zero-order chi connectivity index (χ0) is 10.7. The third-order valence-electron chi connectivity index (χ3n) is 3.17. The van der Waals surface area contributed by atoms with E-state index in [4.69, 9.17) is 5.73 Å². The summed E-state index contributed by atoms with van der Waals surface area (Å²) in [5, 5.41) is 0. The predicted molar refractivity (Wildman–Crippen MR) is 63.0 cm³/mol. The van der Waals surface area contributed by atoms with E-state index in [2.05, 4.69) is 22.9 Å². The maximum Gasteiger partial charge on any atom is 0.128 e. The van der Waals surface area contributed by atoms with Gasteiger partial charge in [0.2, 0.25) is 0 Å². The molecule has 0 unspecified atom stereocenters. The molecule has 0 radical (unpaired) electrons. The number of aromatic nitrogens is 1. The minimum Gasteiger partial charge on any atom is -0.357 e. The number of piperidine rings is 1. The third-order valence-corrected chi connectivity index (χ3v) is 3.17. The summed E-state index contributed by atoms with van der Waals surface area (Å²) in [6, 6.07) is 4.19. The lowest BCUT2D eigenvalue weighted by atomic mass is 9.97. The summed E-state index contributed by atoms with van der Waals surface area (Å²) in [4.78, 5) is 6.77. The Bertz CT molecular complexity index is 316. The van der Waals surface area contributed by atoms with Crippen LogP contribution in [0.3, 0.4) is 0 Å². The molecule has 1 fully saturated rings. The van der Waals surface area contributed by atoms with Crippen LogP contribution in [-0.2, 0) is 0 Å². The Morgan fingerprint density at radius 3 is 2.80 bits per heavy atom. The zero-order valence-corrected chi connectivity index (χ0v) is 9.32. The zero-order valence-electron chi connectivity index (χ0n) is 9.32. The van der Waals surface area contributed by atoms with Crippen molar-refractivity contribution in [2.45, 2.75) is 19.8 Å². The number of nitrogens with zero attached hydrogens (tertiary/aromatic N) is 2. The van der Waals surface area contributed by atoms with E-state index in [0.717, 1.165) is 25.5 Å². The van der Waals surface area contributed by atoms with E-state index in [-0.39, 0.29) is 0 Å². The Kier molecular flexibility index (Phi) is 3.21. The molecule has 1 aromatic rings. The molecule has 2 rings (SSSR count). The van der Waals surface area contributed by atoms with Crippen molar-refractivity contribution in [3.8, 4) is 0 Å². The highest BCUT2D eigenvalue weighted by molar-refractivity contribution is 5.40. The smallest absolute Gasteiger partial charge is 0.128 e. The molecule has 0 aromatic carbocycles. The van der Waals surface area contributed by atoms with Crippen LogP contribution >= 0.6 is 0 Å². The number of anilines is 1. The Morgan fingerprint density at radius 1 is 1.47 bits per heavy atom. The van der Waals surface area contributed by atoms with E-state index in [0.29, 0.717) is 5.92 Å². The van der Waals surface area contributed by atoms with Crippen LogP contribution in [-0.4, -0.2) is 24.6 Å². The number of hydrogen-bond acceptors (Lipinski definition) is 3. The first kappa shape index (κ1) is 10.4. The monoisotopic (exact) mass is 205 g/mol. The molecule has 0 amide bonds. The Labute approximate surface area is 91.3 Å². The second kappa shape index (κ2) is 4.62. The second-order valence-electron chi connectivity index (χ2n) is 4.36. The third kappa shape index (κ3) is 2.48. The summed E-state index contributed by atoms with van der Waals surface area (Å²) in [6.07, 6.45) is 4.29. The normalized spacial score (nSPS) is 18.1. The Morgan fingerprint density at radius 2 is 2.20 bits per heavy atom. The second-order valence-corrected chi connectivity index (χ2v) is 4.36. The number of rotatable bonds is 2. The van der Waals surface area contributed by atoms with Crippen molar-refractivity contribution in [2.75, 3.05) is 24.5 Å². The first-order valence-corrected chi connectivity index (χ1v) is 5.67. The van der Waals surface area contributed by atoms with E-state index in [1.165, 1.54) is 18.4 Å². The SMILES string of the molecule is Cc1ccnc(N2CCC(CN)CC2)c1. The fourth-order valence-corrected chi connectivity index (χ4v) is 2.09. The minimum absolute atomic E-state index is 0.714. The lowest BCUT2D eigenvalue weighted by molar-refractivity contribution is 0.413. The minimum atomic E-state index is 0.714. The summed E-state index contributed by atoms with van der Waals surface area (Å²) in [6.45, 7) is 5.13. The molecule has 3 heteroatoms. The average molecular weight is 205 g/mol. The van der Waals surface area contributed by atoms with Crippen molar-refractivity contribution in [1.29, 1.82) is 0 Å². The molecule has 15 heavy (non-hydrogen) atoms. The lowest BCUT2D eigenvalue weighted by Crippen LogP contribution is -2.36. The molecular weight excluding hydrogens is 186 g/mol. The van der Waals surface area contributed by atoms with E-state index >= 15 is 0 Å². The van der Waals surface area contributed by atoms with Gasteiger partial charge in [-0.1, -0.05) is 0 Å². The van der Waals surface area contributed by atoms with E-state index < -0.39 is 0 Å². The van der Waals surface area contributed by atoms with E-state index in [1.54, 1.807) is 0 Å².